The molecule has 0 aromatic carbocycles. The first-order valence-electron chi connectivity index (χ1n) is 11.4. The molecule has 2 saturated heterocycles. The molecule has 3 unspecified atom stereocenters. The second-order valence-corrected chi connectivity index (χ2v) is 10.5. The topological polar surface area (TPSA) is 207 Å². The van der Waals surface area contributed by atoms with Gasteiger partial charge in [0.15, 0.2) is 0 Å². The molecule has 200 valence electrons. The first kappa shape index (κ1) is 27.6. The van der Waals surface area contributed by atoms with Crippen molar-refractivity contribution in [3.8, 4) is 0 Å². The number of hydrogen-bond donors (Lipinski definition) is 5. The van der Waals surface area contributed by atoms with Crippen molar-refractivity contribution in [2.75, 3.05) is 13.2 Å². The van der Waals surface area contributed by atoms with Crippen molar-refractivity contribution in [3.63, 3.8) is 0 Å². The minimum absolute atomic E-state index is 0.00140. The summed E-state index contributed by atoms with van der Waals surface area (Å²) in [5.74, 6) is 0. The maximum absolute atomic E-state index is 12.2. The number of aryl methyl sites for hydroxylation is 2. The number of aliphatic hydroxyl groups excluding tert-OH is 2. The zero-order chi connectivity index (χ0) is 27.1. The molecule has 7 atom stereocenters. The molecule has 2 aromatic heterocycles. The van der Waals surface area contributed by atoms with E-state index in [0.29, 0.717) is 0 Å². The van der Waals surface area contributed by atoms with Crippen LogP contribution in [0.5, 0.6) is 0 Å². The lowest BCUT2D eigenvalue weighted by Crippen LogP contribution is -2.33. The first-order chi connectivity index (χ1) is 17.4. The second kappa shape index (κ2) is 10.7. The van der Waals surface area contributed by atoms with Crippen molar-refractivity contribution in [2.24, 2.45) is 0 Å². The number of nitrogens with zero attached hydrogens (tertiary/aromatic N) is 2. The predicted octanol–water partition coefficient (Wildman–Crippen LogP) is -2.13. The first-order valence-corrected chi connectivity index (χ1v) is 13.0. The van der Waals surface area contributed by atoms with Crippen LogP contribution in [0.2, 0.25) is 0 Å². The van der Waals surface area contributed by atoms with Gasteiger partial charge >= 0.3 is 26.8 Å². The van der Waals surface area contributed by atoms with E-state index in [9.17, 15) is 34.3 Å². The predicted molar refractivity (Wildman–Crippen MR) is 128 cm³/mol. The zero-order valence-corrected chi connectivity index (χ0v) is 20.9. The van der Waals surface area contributed by atoms with Crippen LogP contribution in [0.15, 0.2) is 31.6 Å². The molecule has 0 aliphatic carbocycles. The van der Waals surface area contributed by atoms with Crippen molar-refractivity contribution in [1.82, 2.24) is 19.1 Å². The van der Waals surface area contributed by atoms with Gasteiger partial charge in [-0.2, -0.15) is 9.05 Å². The Bertz CT molecular complexity index is 1370. The minimum atomic E-state index is -4.03. The lowest BCUT2D eigenvalue weighted by atomic mass is 10.2. The molecule has 4 rings (SSSR count). The monoisotopic (exact) mass is 541 g/mol. The van der Waals surface area contributed by atoms with Crippen molar-refractivity contribution in [1.29, 1.82) is 0 Å². The molecule has 2 aliphatic heterocycles. The van der Waals surface area contributed by atoms with Gasteiger partial charge in [-0.25, -0.2) is 14.5 Å². The summed E-state index contributed by atoms with van der Waals surface area (Å²) in [7, 11) is 1.81. The fraction of sp³-hybridized carbons (Fsp3) is 0.600. The van der Waals surface area contributed by atoms with Crippen LogP contribution in [0.1, 0.15) is 36.4 Å². The molecule has 2 aromatic rings. The maximum Gasteiger partial charge on any atom is 0.488 e. The van der Waals surface area contributed by atoms with Gasteiger partial charge in [0.05, 0.1) is 12.7 Å². The smallest absolute Gasteiger partial charge is 0.394 e. The van der Waals surface area contributed by atoms with E-state index in [1.54, 1.807) is 0 Å². The average molecular weight is 541 g/mol. The number of H-pyrrole nitrogens is 2. The van der Waals surface area contributed by atoms with Crippen LogP contribution in [-0.2, 0) is 18.5 Å². The summed E-state index contributed by atoms with van der Waals surface area (Å²) in [6.07, 6.45) is -3.15. The third-order valence-corrected chi connectivity index (χ3v) is 7.28. The molecule has 2 aliphatic rings. The SMILES string of the molecule is [B][P+](O)(OCC1O[C@@H](n2cc(C)c(=O)[nH]c2=O)C[C@H]1O)O[C@@H]1C[C@H](n2cc(C)c(=O)[nH]c2=O)OC1CO. The number of ether oxygens (including phenoxy) is 2. The third-order valence-electron chi connectivity index (χ3n) is 6.19. The Morgan fingerprint density at radius 2 is 1.51 bits per heavy atom. The van der Waals surface area contributed by atoms with Crippen LogP contribution in [0.3, 0.4) is 0 Å². The normalized spacial score (nSPS) is 29.4. The highest BCUT2D eigenvalue weighted by Gasteiger charge is 2.48. The molecule has 37 heavy (non-hydrogen) atoms. The van der Waals surface area contributed by atoms with Crippen LogP contribution in [0, 0.1) is 13.8 Å². The van der Waals surface area contributed by atoms with Gasteiger partial charge in [0.2, 0.25) is 0 Å². The second-order valence-electron chi connectivity index (χ2n) is 8.94. The highest BCUT2D eigenvalue weighted by Crippen LogP contribution is 2.55. The maximum atomic E-state index is 12.2. The summed E-state index contributed by atoms with van der Waals surface area (Å²) in [5, 5.41) is 20.1. The summed E-state index contributed by atoms with van der Waals surface area (Å²) in [5.41, 5.74) is -1.95. The number of aromatic nitrogens is 4. The minimum Gasteiger partial charge on any atom is -0.394 e. The molecule has 0 saturated carbocycles. The van der Waals surface area contributed by atoms with Gasteiger partial charge in [-0.1, -0.05) is 0 Å². The fourth-order valence-electron chi connectivity index (χ4n) is 4.19. The summed E-state index contributed by atoms with van der Waals surface area (Å²) in [4.78, 5) is 62.4. The van der Waals surface area contributed by atoms with Gasteiger partial charge in [0, 0.05) is 36.4 Å². The molecule has 0 amide bonds. The van der Waals surface area contributed by atoms with Crippen molar-refractivity contribution in [3.05, 3.63) is 65.2 Å². The van der Waals surface area contributed by atoms with Gasteiger partial charge in [-0.05, 0) is 13.8 Å². The van der Waals surface area contributed by atoms with Crippen LogP contribution >= 0.6 is 7.82 Å². The molecular weight excluding hydrogens is 514 g/mol. The molecule has 2 fully saturated rings. The average Bonchev–Trinajstić information content (AvgIpc) is 3.39. The Kier molecular flexibility index (Phi) is 8.02. The van der Waals surface area contributed by atoms with E-state index < -0.39 is 80.4 Å². The molecule has 17 heteroatoms. The van der Waals surface area contributed by atoms with Crippen molar-refractivity contribution < 1.29 is 33.6 Å². The highest BCUT2D eigenvalue weighted by atomic mass is 31.2. The van der Waals surface area contributed by atoms with Gasteiger partial charge in [0.25, 0.3) is 11.1 Å². The van der Waals surface area contributed by atoms with Gasteiger partial charge in [-0.15, -0.1) is 0 Å². The summed E-state index contributed by atoms with van der Waals surface area (Å²) in [6.45, 7) is 2.12. The Hall–Kier alpha value is -2.43. The van der Waals surface area contributed by atoms with Gasteiger partial charge in [0.1, 0.15) is 37.4 Å². The molecule has 0 bridgehead atoms. The summed E-state index contributed by atoms with van der Waals surface area (Å²) >= 11 is 0. The Morgan fingerprint density at radius 1 is 1.00 bits per heavy atom. The van der Waals surface area contributed by atoms with E-state index >= 15 is 0 Å². The van der Waals surface area contributed by atoms with Crippen LogP contribution in [0.25, 0.3) is 0 Å². The van der Waals surface area contributed by atoms with E-state index in [0.717, 1.165) is 9.13 Å². The quantitative estimate of drug-likeness (QED) is 0.180. The molecule has 5 N–H and O–H groups in total. The number of rotatable bonds is 8. The highest BCUT2D eigenvalue weighted by molar-refractivity contribution is 7.85. The lowest BCUT2D eigenvalue weighted by Gasteiger charge is -2.22. The third kappa shape index (κ3) is 6.02. The van der Waals surface area contributed by atoms with Crippen molar-refractivity contribution >= 4 is 15.4 Å². The van der Waals surface area contributed by atoms with E-state index in [1.165, 1.54) is 26.2 Å². The Balaban J connectivity index is 1.39. The van der Waals surface area contributed by atoms with Gasteiger partial charge < -0.3 is 19.7 Å². The van der Waals surface area contributed by atoms with E-state index in [2.05, 4.69) is 9.97 Å². The lowest BCUT2D eigenvalue weighted by molar-refractivity contribution is -0.0538. The van der Waals surface area contributed by atoms with E-state index in [-0.39, 0.29) is 24.0 Å². The van der Waals surface area contributed by atoms with Crippen LogP contribution in [0.4, 0.5) is 0 Å². The summed E-state index contributed by atoms with van der Waals surface area (Å²) < 4.78 is 24.5. The van der Waals surface area contributed by atoms with E-state index in [4.69, 9.17) is 26.1 Å². The number of nitrogens with one attached hydrogen (secondary N) is 2. The van der Waals surface area contributed by atoms with E-state index in [1.807, 2.05) is 0 Å². The number of aromatic amines is 2. The van der Waals surface area contributed by atoms with Crippen LogP contribution < -0.4 is 22.5 Å². The largest absolute Gasteiger partial charge is 0.488 e. The van der Waals surface area contributed by atoms with Crippen molar-refractivity contribution in [2.45, 2.75) is 63.6 Å². The molecule has 4 heterocycles. The van der Waals surface area contributed by atoms with Crippen LogP contribution in [-0.4, -0.2) is 79.4 Å². The zero-order valence-electron chi connectivity index (χ0n) is 20.0. The number of aliphatic hydroxyl groups is 2. The Labute approximate surface area is 210 Å². The molecular formula is C20H27BN4O11P+. The standard InChI is InChI=1S/C20H27BN4O11P/c1-9-5-24(19(30)22-17(9)28)15-3-11(27)14(35-15)8-33-37(21,32)36-12-4-16(34-13(12)7-26)25-6-10(2)18(29)23-20(25)31/h5-6,11-16,26-27,32H,3-4,7-8H2,1-2H3,(H,22,28,30)(H,23,29,31)/q+1/t11-,12-,13?,14?,15-,16-,37?/m1/s1. The molecule has 0 spiro atoms. The fourth-order valence-corrected chi connectivity index (χ4v) is 5.22. The molecule has 2 radical (unpaired) electrons. The summed E-state index contributed by atoms with van der Waals surface area (Å²) in [6, 6.07) is 0. The Morgan fingerprint density at radius 3 is 2.05 bits per heavy atom. The molecule has 15 nitrogen and oxygen atoms in total. The van der Waals surface area contributed by atoms with Gasteiger partial charge in [-0.3, -0.25) is 28.7 Å². The number of hydrogen-bond acceptors (Lipinski definition) is 11.